The fraction of sp³-hybridized carbons (Fsp3) is 0.289. The summed E-state index contributed by atoms with van der Waals surface area (Å²) in [5.74, 6) is 3.79. The Hall–Kier alpha value is -4.47. The molecule has 0 fully saturated rings. The number of nitrogens with zero attached hydrogens (tertiary/aromatic N) is 4. The van der Waals surface area contributed by atoms with Crippen molar-refractivity contribution < 1.29 is 25.8 Å². The van der Waals surface area contributed by atoms with E-state index in [-0.39, 0.29) is 21.1 Å². The Morgan fingerprint density at radius 2 is 1.43 bits per heavy atom. The van der Waals surface area contributed by atoms with E-state index in [1.807, 2.05) is 41.3 Å². The topological polar surface area (TPSA) is 44.9 Å². The van der Waals surface area contributed by atoms with Gasteiger partial charge < -0.3 is 9.30 Å². The molecule has 51 heavy (non-hydrogen) atoms. The molecule has 4 aromatic carbocycles. The van der Waals surface area contributed by atoms with E-state index in [0.717, 1.165) is 64.6 Å². The van der Waals surface area contributed by atoms with Crippen LogP contribution < -0.4 is 4.74 Å². The molecule has 0 N–H and O–H groups in total. The smallest absolute Gasteiger partial charge is 0.509 e. The maximum Gasteiger partial charge on any atom is 2.00 e. The van der Waals surface area contributed by atoms with Gasteiger partial charge >= 0.3 is 21.1 Å². The molecule has 0 spiro atoms. The van der Waals surface area contributed by atoms with Crippen LogP contribution in [0.5, 0.6) is 11.5 Å². The second-order valence-corrected chi connectivity index (χ2v) is 14.5. The van der Waals surface area contributed by atoms with Crippen molar-refractivity contribution in [1.29, 1.82) is 0 Å². The van der Waals surface area contributed by atoms with Crippen LogP contribution in [0.4, 0.5) is 0 Å². The number of hydrogen-bond acceptors (Lipinski definition) is 3. The number of pyridine rings is 1. The molecular weight excluding hydrogens is 808 g/mol. The van der Waals surface area contributed by atoms with Crippen LogP contribution in [0.3, 0.4) is 0 Å². The standard InChI is InChI=1S/C45H46N4O.Pt/c1-30(2)17-19-33-11-9-12-34(20-18-31(3)4)45(33)36-28-47-48(29-36)37-13-10-14-38(26-37)50-39-21-22-41-40-15-7-8-16-42(40)49(43(41)27-39)44-25-35(32(5)6)23-24-46-44;/h7-16,21-25,28-32H,17-20H2,1-6H3;/q-2;+2. The van der Waals surface area contributed by atoms with Crippen molar-refractivity contribution in [2.24, 2.45) is 11.8 Å². The Labute approximate surface area is 317 Å². The zero-order valence-corrected chi connectivity index (χ0v) is 32.7. The molecule has 5 nitrogen and oxygen atoms in total. The van der Waals surface area contributed by atoms with Gasteiger partial charge in [0.1, 0.15) is 5.82 Å². The van der Waals surface area contributed by atoms with Gasteiger partial charge in [0.25, 0.3) is 0 Å². The minimum absolute atomic E-state index is 0. The Bertz CT molecular complexity index is 2230. The molecular formula is C45H46N4OPt. The van der Waals surface area contributed by atoms with Gasteiger partial charge in [-0.1, -0.05) is 83.5 Å². The third kappa shape index (κ3) is 7.90. The summed E-state index contributed by atoms with van der Waals surface area (Å²) in [6.45, 7) is 13.6. The summed E-state index contributed by atoms with van der Waals surface area (Å²) in [4.78, 5) is 4.78. The predicted molar refractivity (Wildman–Crippen MR) is 206 cm³/mol. The molecule has 262 valence electrons. The van der Waals surface area contributed by atoms with Crippen LogP contribution in [0.25, 0.3) is 44.4 Å². The van der Waals surface area contributed by atoms with Gasteiger partial charge in [0.2, 0.25) is 0 Å². The van der Waals surface area contributed by atoms with E-state index in [1.165, 1.54) is 22.3 Å². The SMILES string of the molecule is CC(C)CCc1cccc(CCC(C)C)c1-c1cnn(-c2[c-]c(Oc3[c-]c4c(cc3)c3ccccc3n4-c3cc(C(C)C)ccn3)ccc2)c1.[Pt+2]. The second kappa shape index (κ2) is 15.8. The van der Waals surface area contributed by atoms with Gasteiger partial charge in [-0.2, -0.15) is 17.2 Å². The average Bonchev–Trinajstić information content (AvgIpc) is 3.73. The third-order valence-electron chi connectivity index (χ3n) is 9.53. The molecule has 0 aliphatic heterocycles. The molecule has 0 aliphatic rings. The van der Waals surface area contributed by atoms with Gasteiger partial charge in [-0.05, 0) is 95.0 Å². The Morgan fingerprint density at radius 3 is 2.16 bits per heavy atom. The van der Waals surface area contributed by atoms with E-state index in [0.29, 0.717) is 29.3 Å². The summed E-state index contributed by atoms with van der Waals surface area (Å²) in [5.41, 5.74) is 9.35. The first kappa shape index (κ1) is 36.3. The van der Waals surface area contributed by atoms with E-state index in [2.05, 4.69) is 125 Å². The number of fused-ring (bicyclic) bond motifs is 3. The minimum Gasteiger partial charge on any atom is -0.509 e. The van der Waals surface area contributed by atoms with Crippen LogP contribution in [0.15, 0.2) is 104 Å². The number of ether oxygens (including phenoxy) is 1. The molecule has 0 aliphatic carbocycles. The fourth-order valence-electron chi connectivity index (χ4n) is 6.75. The van der Waals surface area contributed by atoms with Crippen molar-refractivity contribution in [2.75, 3.05) is 0 Å². The first-order chi connectivity index (χ1) is 24.2. The molecule has 0 radical (unpaired) electrons. The quantitative estimate of drug-likeness (QED) is 0.115. The van der Waals surface area contributed by atoms with Gasteiger partial charge in [0, 0.05) is 35.0 Å². The summed E-state index contributed by atoms with van der Waals surface area (Å²) in [5, 5.41) is 7.09. The number of hydrogen-bond donors (Lipinski definition) is 0. The number of aryl methyl sites for hydroxylation is 2. The van der Waals surface area contributed by atoms with Gasteiger partial charge in [0.15, 0.2) is 0 Å². The van der Waals surface area contributed by atoms with E-state index in [9.17, 15) is 0 Å². The van der Waals surface area contributed by atoms with E-state index in [1.54, 1.807) is 0 Å². The molecule has 0 bridgehead atoms. The van der Waals surface area contributed by atoms with E-state index in [4.69, 9.17) is 14.8 Å². The van der Waals surface area contributed by atoms with Crippen LogP contribution in [-0.4, -0.2) is 19.3 Å². The Kier molecular flexibility index (Phi) is 11.3. The van der Waals surface area contributed by atoms with E-state index < -0.39 is 0 Å². The molecule has 0 amide bonds. The number of para-hydroxylation sites is 1. The predicted octanol–water partition coefficient (Wildman–Crippen LogP) is 11.7. The molecule has 0 saturated heterocycles. The summed E-state index contributed by atoms with van der Waals surface area (Å²) >= 11 is 0. The minimum atomic E-state index is 0. The van der Waals surface area contributed by atoms with E-state index >= 15 is 0 Å². The van der Waals surface area contributed by atoms with Gasteiger partial charge in [-0.3, -0.25) is 4.68 Å². The molecule has 3 aromatic heterocycles. The summed E-state index contributed by atoms with van der Waals surface area (Å²) < 4.78 is 10.5. The maximum atomic E-state index is 6.45. The van der Waals surface area contributed by atoms with Crippen LogP contribution in [0, 0.1) is 24.0 Å². The summed E-state index contributed by atoms with van der Waals surface area (Å²) in [6, 6.07) is 36.6. The van der Waals surface area contributed by atoms with Gasteiger partial charge in [0.05, 0.1) is 6.20 Å². The normalized spacial score (nSPS) is 11.6. The van der Waals surface area contributed by atoms with Crippen molar-refractivity contribution in [2.45, 2.75) is 73.1 Å². The molecule has 3 heterocycles. The van der Waals surface area contributed by atoms with Crippen molar-refractivity contribution in [3.8, 4) is 34.1 Å². The number of benzene rings is 4. The van der Waals surface area contributed by atoms with Crippen LogP contribution >= 0.6 is 0 Å². The Morgan fingerprint density at radius 1 is 0.725 bits per heavy atom. The van der Waals surface area contributed by atoms with Crippen molar-refractivity contribution in [1.82, 2.24) is 19.3 Å². The van der Waals surface area contributed by atoms with Crippen LogP contribution in [0.1, 0.15) is 77.0 Å². The second-order valence-electron chi connectivity index (χ2n) is 14.5. The van der Waals surface area contributed by atoms with Crippen molar-refractivity contribution in [3.05, 3.63) is 132 Å². The molecule has 7 rings (SSSR count). The number of rotatable bonds is 12. The fourth-order valence-corrected chi connectivity index (χ4v) is 6.75. The van der Waals surface area contributed by atoms with Gasteiger partial charge in [-0.25, -0.2) is 4.98 Å². The maximum absolute atomic E-state index is 6.45. The first-order valence-electron chi connectivity index (χ1n) is 18.0. The largest absolute Gasteiger partial charge is 2.00 e. The summed E-state index contributed by atoms with van der Waals surface area (Å²) in [6.07, 6.45) is 10.5. The molecule has 0 saturated carbocycles. The zero-order chi connectivity index (χ0) is 34.8. The molecule has 7 aromatic rings. The molecule has 0 atom stereocenters. The third-order valence-corrected chi connectivity index (χ3v) is 9.53. The first-order valence-corrected chi connectivity index (χ1v) is 18.0. The van der Waals surface area contributed by atoms with Crippen LogP contribution in [-0.2, 0) is 33.9 Å². The zero-order valence-electron chi connectivity index (χ0n) is 30.4. The Balaban J connectivity index is 0.00000448. The van der Waals surface area contributed by atoms with Crippen molar-refractivity contribution in [3.63, 3.8) is 0 Å². The average molecular weight is 854 g/mol. The van der Waals surface area contributed by atoms with Gasteiger partial charge in [-0.15, -0.1) is 35.7 Å². The monoisotopic (exact) mass is 853 g/mol. The number of aromatic nitrogens is 4. The molecule has 0 unspecified atom stereocenters. The molecule has 6 heteroatoms. The summed E-state index contributed by atoms with van der Waals surface area (Å²) in [7, 11) is 0. The van der Waals surface area contributed by atoms with Crippen molar-refractivity contribution >= 4 is 21.8 Å². The van der Waals surface area contributed by atoms with Crippen LogP contribution in [0.2, 0.25) is 0 Å².